The van der Waals surface area contributed by atoms with Crippen LogP contribution in [0.15, 0.2) is 47.4 Å². The molecule has 8 heteroatoms. The fourth-order valence-electron chi connectivity index (χ4n) is 5.73. The number of benzene rings is 1. The highest BCUT2D eigenvalue weighted by Crippen LogP contribution is 2.23. The van der Waals surface area contributed by atoms with Gasteiger partial charge >= 0.3 is 11.9 Å². The van der Waals surface area contributed by atoms with E-state index < -0.39 is 32.5 Å². The fraction of sp³-hybridized carbons (Fsp3) is 0.700. The number of ether oxygens (including phenoxy) is 2. The van der Waals surface area contributed by atoms with E-state index in [9.17, 15) is 22.6 Å². The average Bonchev–Trinajstić information content (AvgIpc) is 3.07. The largest absolute Gasteiger partial charge is 0.462 e. The van der Waals surface area contributed by atoms with Crippen molar-refractivity contribution < 1.29 is 32.0 Å². The third kappa shape index (κ3) is 22.2. The van der Waals surface area contributed by atoms with Crippen LogP contribution in [-0.2, 0) is 19.6 Å². The molecule has 0 fully saturated rings. The topological polar surface area (TPSA) is 107 Å². The lowest BCUT2D eigenvalue weighted by Gasteiger charge is -2.13. The molecular weight excluding hydrogens is 624 g/mol. The number of hydrogen-bond donors (Lipinski definition) is 1. The zero-order valence-corrected chi connectivity index (χ0v) is 31.0. The van der Waals surface area contributed by atoms with E-state index >= 15 is 0 Å². The second kappa shape index (κ2) is 29.5. The quantitative estimate of drug-likeness (QED) is 0.0357. The minimum absolute atomic E-state index is 0.107. The van der Waals surface area contributed by atoms with Gasteiger partial charge in [-0.2, -0.15) is 8.42 Å². The van der Waals surface area contributed by atoms with Crippen molar-refractivity contribution in [2.24, 2.45) is 0 Å². The summed E-state index contributed by atoms with van der Waals surface area (Å²) in [5.41, 5.74) is -0.683. The molecule has 274 valence electrons. The zero-order valence-electron chi connectivity index (χ0n) is 30.2. The van der Waals surface area contributed by atoms with Gasteiger partial charge in [0.05, 0.1) is 24.3 Å². The van der Waals surface area contributed by atoms with Crippen molar-refractivity contribution >= 4 is 22.1 Å². The van der Waals surface area contributed by atoms with Crippen molar-refractivity contribution in [3.63, 3.8) is 0 Å². The van der Waals surface area contributed by atoms with Crippen LogP contribution in [0, 0.1) is 0 Å². The molecule has 0 unspecified atom stereocenters. The maximum absolute atomic E-state index is 13.0. The summed E-state index contributed by atoms with van der Waals surface area (Å²) in [6, 6.07) is 3.74. The molecular formula is C40H66O7S. The third-order valence-corrected chi connectivity index (χ3v) is 9.43. The van der Waals surface area contributed by atoms with E-state index in [1.54, 1.807) is 0 Å². The van der Waals surface area contributed by atoms with Crippen LogP contribution in [0.25, 0.3) is 0 Å². The van der Waals surface area contributed by atoms with Crippen molar-refractivity contribution in [2.45, 2.75) is 173 Å². The summed E-state index contributed by atoms with van der Waals surface area (Å²) in [5.74, 6) is -1.75. The maximum atomic E-state index is 13.0. The molecule has 0 aliphatic carbocycles. The van der Waals surface area contributed by atoms with Crippen LogP contribution in [0.3, 0.4) is 0 Å². The van der Waals surface area contributed by atoms with Gasteiger partial charge in [-0.25, -0.2) is 9.59 Å². The number of hydrogen-bond acceptors (Lipinski definition) is 6. The molecule has 1 aromatic rings. The number of rotatable bonds is 31. The van der Waals surface area contributed by atoms with Crippen LogP contribution in [0.2, 0.25) is 0 Å². The lowest BCUT2D eigenvalue weighted by molar-refractivity contribution is 0.0446. The minimum atomic E-state index is -4.76. The van der Waals surface area contributed by atoms with Gasteiger partial charge in [0.25, 0.3) is 10.1 Å². The van der Waals surface area contributed by atoms with Crippen molar-refractivity contribution in [1.29, 1.82) is 0 Å². The Bertz CT molecular complexity index is 1140. The van der Waals surface area contributed by atoms with Crippen LogP contribution in [0.5, 0.6) is 0 Å². The van der Waals surface area contributed by atoms with Gasteiger partial charge in [-0.3, -0.25) is 4.55 Å². The van der Waals surface area contributed by atoms with Gasteiger partial charge in [0.15, 0.2) is 0 Å². The number of carbonyl (C=O) groups excluding carboxylic acids is 2. The molecule has 1 aromatic carbocycles. The third-order valence-electron chi connectivity index (χ3n) is 8.53. The number of esters is 2. The monoisotopic (exact) mass is 690 g/mol. The van der Waals surface area contributed by atoms with Gasteiger partial charge in [0, 0.05) is 0 Å². The Labute approximate surface area is 293 Å². The highest BCUT2D eigenvalue weighted by Gasteiger charge is 2.28. The van der Waals surface area contributed by atoms with Gasteiger partial charge in [-0.1, -0.05) is 147 Å². The van der Waals surface area contributed by atoms with Crippen LogP contribution >= 0.6 is 0 Å². The van der Waals surface area contributed by atoms with Crippen molar-refractivity contribution in [3.05, 3.63) is 53.6 Å². The number of allylic oxidation sites excluding steroid dienone is 4. The molecule has 0 bridgehead atoms. The molecule has 1 rings (SSSR count). The summed E-state index contributed by atoms with van der Waals surface area (Å²) in [6.45, 7) is 4.60. The molecule has 0 aliphatic rings. The molecule has 7 nitrogen and oxygen atoms in total. The second-order valence-electron chi connectivity index (χ2n) is 12.8. The van der Waals surface area contributed by atoms with E-state index in [2.05, 4.69) is 38.2 Å². The highest BCUT2D eigenvalue weighted by molar-refractivity contribution is 7.86. The molecule has 0 aromatic heterocycles. The van der Waals surface area contributed by atoms with E-state index in [1.165, 1.54) is 102 Å². The number of unbranched alkanes of at least 4 members (excludes halogenated alkanes) is 20. The van der Waals surface area contributed by atoms with Gasteiger partial charge < -0.3 is 9.47 Å². The van der Waals surface area contributed by atoms with Crippen molar-refractivity contribution in [3.8, 4) is 0 Å². The normalized spacial score (nSPS) is 11.9. The van der Waals surface area contributed by atoms with Crippen LogP contribution < -0.4 is 0 Å². The Hall–Kier alpha value is -2.45. The first-order valence-electron chi connectivity index (χ1n) is 19.1. The van der Waals surface area contributed by atoms with E-state index in [-0.39, 0.29) is 18.8 Å². The predicted octanol–water partition coefficient (Wildman–Crippen LogP) is 11.8. The van der Waals surface area contributed by atoms with E-state index in [0.29, 0.717) is 12.8 Å². The van der Waals surface area contributed by atoms with E-state index in [0.717, 1.165) is 57.4 Å². The molecule has 0 heterocycles. The summed E-state index contributed by atoms with van der Waals surface area (Å²) < 4.78 is 44.6. The number of carbonyl (C=O) groups is 2. The Kier molecular flexibility index (Phi) is 26.7. The Morgan fingerprint density at radius 1 is 0.562 bits per heavy atom. The standard InChI is InChI=1S/C40H66O7S/c1-3-5-7-9-11-13-15-17-19-21-23-25-27-29-34-46-39(41)36-32-31-33-37(48(43,44)45)38(36)40(42)47-35-30-28-26-24-22-20-18-16-14-12-10-8-6-4-2/h5-8,31-33H,3-4,9-30,34-35H2,1-2H3,(H,43,44,45)/b7-5+,8-6+. The Balaban J connectivity index is 2.32. The first kappa shape index (κ1) is 43.6. The van der Waals surface area contributed by atoms with Crippen molar-refractivity contribution in [2.75, 3.05) is 13.2 Å². The van der Waals surface area contributed by atoms with Gasteiger partial charge in [-0.05, 0) is 63.5 Å². The first-order valence-corrected chi connectivity index (χ1v) is 20.5. The molecule has 1 N–H and O–H groups in total. The molecule has 0 radical (unpaired) electrons. The molecule has 0 spiro atoms. The smallest absolute Gasteiger partial charge is 0.340 e. The van der Waals surface area contributed by atoms with E-state index in [1.807, 2.05) is 0 Å². The molecule has 0 saturated heterocycles. The summed E-state index contributed by atoms with van der Waals surface area (Å²) in [5, 5.41) is 0. The van der Waals surface area contributed by atoms with Crippen LogP contribution in [0.4, 0.5) is 0 Å². The van der Waals surface area contributed by atoms with Gasteiger partial charge in [-0.15, -0.1) is 0 Å². The van der Waals surface area contributed by atoms with Crippen LogP contribution in [-0.4, -0.2) is 38.1 Å². The molecule has 0 aliphatic heterocycles. The lowest BCUT2D eigenvalue weighted by atomic mass is 10.1. The first-order chi connectivity index (χ1) is 23.3. The second-order valence-corrected chi connectivity index (χ2v) is 14.2. The Morgan fingerprint density at radius 2 is 0.938 bits per heavy atom. The molecule has 0 amide bonds. The fourth-order valence-corrected chi connectivity index (χ4v) is 6.43. The zero-order chi connectivity index (χ0) is 35.1. The summed E-state index contributed by atoms with van der Waals surface area (Å²) in [6.07, 6.45) is 36.3. The van der Waals surface area contributed by atoms with E-state index in [4.69, 9.17) is 9.47 Å². The highest BCUT2D eigenvalue weighted by atomic mass is 32.2. The molecule has 48 heavy (non-hydrogen) atoms. The summed E-state index contributed by atoms with van der Waals surface area (Å²) in [4.78, 5) is 25.2. The predicted molar refractivity (Wildman–Crippen MR) is 197 cm³/mol. The minimum Gasteiger partial charge on any atom is -0.462 e. The SMILES string of the molecule is CC/C=C/CCCCCCCCCCCCOC(=O)c1cccc(S(=O)(=O)O)c1C(=O)OCCCCCCCCCCCC/C=C/CC. The van der Waals surface area contributed by atoms with Gasteiger partial charge in [0.2, 0.25) is 0 Å². The van der Waals surface area contributed by atoms with Crippen LogP contribution in [0.1, 0.15) is 189 Å². The molecule has 0 saturated carbocycles. The lowest BCUT2D eigenvalue weighted by Crippen LogP contribution is -2.19. The maximum Gasteiger partial charge on any atom is 0.340 e. The summed E-state index contributed by atoms with van der Waals surface area (Å²) >= 11 is 0. The van der Waals surface area contributed by atoms with Crippen molar-refractivity contribution in [1.82, 2.24) is 0 Å². The molecule has 0 atom stereocenters. The van der Waals surface area contributed by atoms with Gasteiger partial charge in [0.1, 0.15) is 4.90 Å². The Morgan fingerprint density at radius 3 is 1.33 bits per heavy atom. The average molecular weight is 691 g/mol. The summed E-state index contributed by atoms with van der Waals surface area (Å²) in [7, 11) is -4.76.